The second kappa shape index (κ2) is 4.22. The van der Waals surface area contributed by atoms with E-state index in [1.807, 2.05) is 0 Å². The molecule has 1 fully saturated rings. The van der Waals surface area contributed by atoms with Gasteiger partial charge in [0, 0.05) is 32.7 Å². The number of hydrogen-bond donors (Lipinski definition) is 1. The summed E-state index contributed by atoms with van der Waals surface area (Å²) in [4.78, 5) is 4.93. The van der Waals surface area contributed by atoms with E-state index in [0.29, 0.717) is 0 Å². The molecule has 0 aromatic heterocycles. The van der Waals surface area contributed by atoms with Gasteiger partial charge >= 0.3 is 0 Å². The topological polar surface area (TPSA) is 18.5 Å². The molecule has 2 aliphatic heterocycles. The highest BCUT2D eigenvalue weighted by molar-refractivity contribution is 5.77. The third-order valence-electron chi connectivity index (χ3n) is 4.05. The van der Waals surface area contributed by atoms with Crippen LogP contribution >= 0.6 is 0 Å². The van der Waals surface area contributed by atoms with Crippen LogP contribution in [-0.4, -0.2) is 44.7 Å². The van der Waals surface area contributed by atoms with Gasteiger partial charge in [0.15, 0.2) is 0 Å². The van der Waals surface area contributed by atoms with E-state index >= 15 is 0 Å². The molecule has 1 saturated heterocycles. The number of aryl methyl sites for hydroxylation is 1. The summed E-state index contributed by atoms with van der Waals surface area (Å²) in [6.45, 7) is 7.95. The summed E-state index contributed by atoms with van der Waals surface area (Å²) >= 11 is 0. The SMILES string of the molecule is Cc1ccc(N2CCN(C)CC2)c2c1CCN2. The standard InChI is InChI=1S/C14H21N3/c1-11-3-4-13(14-12(11)5-6-15-14)17-9-7-16(2)8-10-17/h3-4,15H,5-10H2,1-2H3. The zero-order valence-electron chi connectivity index (χ0n) is 10.8. The monoisotopic (exact) mass is 231 g/mol. The first-order chi connectivity index (χ1) is 8.25. The third-order valence-corrected chi connectivity index (χ3v) is 4.05. The minimum atomic E-state index is 1.10. The maximum Gasteiger partial charge on any atom is 0.0614 e. The van der Waals surface area contributed by atoms with Crippen molar-refractivity contribution in [3.63, 3.8) is 0 Å². The Morgan fingerprint density at radius 2 is 1.88 bits per heavy atom. The number of likely N-dealkylation sites (N-methyl/N-ethyl adjacent to an activating group) is 1. The van der Waals surface area contributed by atoms with Gasteiger partial charge in [0.05, 0.1) is 11.4 Å². The summed E-state index contributed by atoms with van der Waals surface area (Å²) in [5.41, 5.74) is 5.77. The minimum absolute atomic E-state index is 1.10. The van der Waals surface area contributed by atoms with Crippen molar-refractivity contribution in [2.75, 3.05) is 50.0 Å². The number of benzene rings is 1. The van der Waals surface area contributed by atoms with E-state index in [2.05, 4.69) is 41.2 Å². The minimum Gasteiger partial charge on any atom is -0.383 e. The smallest absolute Gasteiger partial charge is 0.0614 e. The van der Waals surface area contributed by atoms with Gasteiger partial charge in [0.25, 0.3) is 0 Å². The lowest BCUT2D eigenvalue weighted by molar-refractivity contribution is 0.313. The van der Waals surface area contributed by atoms with Crippen molar-refractivity contribution in [2.24, 2.45) is 0 Å². The summed E-state index contributed by atoms with van der Waals surface area (Å²) in [6.07, 6.45) is 1.18. The van der Waals surface area contributed by atoms with Crippen molar-refractivity contribution in [2.45, 2.75) is 13.3 Å². The predicted molar refractivity (Wildman–Crippen MR) is 73.1 cm³/mol. The highest BCUT2D eigenvalue weighted by atomic mass is 15.3. The Balaban J connectivity index is 1.91. The fourth-order valence-corrected chi connectivity index (χ4v) is 2.88. The fraction of sp³-hybridized carbons (Fsp3) is 0.571. The molecule has 0 radical (unpaired) electrons. The first kappa shape index (κ1) is 10.9. The van der Waals surface area contributed by atoms with E-state index in [1.54, 1.807) is 0 Å². The molecule has 17 heavy (non-hydrogen) atoms. The van der Waals surface area contributed by atoms with E-state index in [-0.39, 0.29) is 0 Å². The maximum absolute atomic E-state index is 3.56. The van der Waals surface area contributed by atoms with Crippen LogP contribution in [0.2, 0.25) is 0 Å². The van der Waals surface area contributed by atoms with E-state index in [1.165, 1.54) is 42.0 Å². The molecule has 2 aliphatic rings. The van der Waals surface area contributed by atoms with Crippen LogP contribution in [-0.2, 0) is 6.42 Å². The summed E-state index contributed by atoms with van der Waals surface area (Å²) in [5, 5.41) is 3.56. The van der Waals surface area contributed by atoms with Crippen molar-refractivity contribution in [3.8, 4) is 0 Å². The molecule has 3 nitrogen and oxygen atoms in total. The van der Waals surface area contributed by atoms with Gasteiger partial charge in [-0.15, -0.1) is 0 Å². The molecule has 1 aromatic carbocycles. The van der Waals surface area contributed by atoms with Crippen molar-refractivity contribution in [1.82, 2.24) is 4.90 Å². The number of piperazine rings is 1. The van der Waals surface area contributed by atoms with Crippen molar-refractivity contribution < 1.29 is 0 Å². The second-order valence-electron chi connectivity index (χ2n) is 5.22. The molecule has 3 heteroatoms. The van der Waals surface area contributed by atoms with Gasteiger partial charge in [-0.3, -0.25) is 0 Å². The molecule has 0 unspecified atom stereocenters. The quantitative estimate of drug-likeness (QED) is 0.794. The Kier molecular flexibility index (Phi) is 2.71. The number of rotatable bonds is 1. The predicted octanol–water partition coefficient (Wildman–Crippen LogP) is 1.71. The van der Waals surface area contributed by atoms with E-state index < -0.39 is 0 Å². The van der Waals surface area contributed by atoms with Crippen LogP contribution in [0.3, 0.4) is 0 Å². The number of nitrogens with zero attached hydrogens (tertiary/aromatic N) is 2. The molecule has 92 valence electrons. The normalized spacial score (nSPS) is 20.2. The highest BCUT2D eigenvalue weighted by Gasteiger charge is 2.22. The average molecular weight is 231 g/mol. The van der Waals surface area contributed by atoms with Crippen molar-refractivity contribution >= 4 is 11.4 Å². The van der Waals surface area contributed by atoms with E-state index in [9.17, 15) is 0 Å². The molecular weight excluding hydrogens is 210 g/mol. The largest absolute Gasteiger partial charge is 0.383 e. The molecule has 0 atom stereocenters. The van der Waals surface area contributed by atoms with Crippen LogP contribution in [0, 0.1) is 6.92 Å². The molecular formula is C14H21N3. The zero-order valence-corrected chi connectivity index (χ0v) is 10.8. The fourth-order valence-electron chi connectivity index (χ4n) is 2.88. The van der Waals surface area contributed by atoms with Gasteiger partial charge in [-0.05, 0) is 37.6 Å². The molecule has 2 heterocycles. The molecule has 0 spiro atoms. The molecule has 0 bridgehead atoms. The Hall–Kier alpha value is -1.22. The number of hydrogen-bond acceptors (Lipinski definition) is 3. The second-order valence-corrected chi connectivity index (χ2v) is 5.22. The van der Waals surface area contributed by atoms with Crippen LogP contribution in [0.4, 0.5) is 11.4 Å². The summed E-state index contributed by atoms with van der Waals surface area (Å²) in [6, 6.07) is 4.57. The Morgan fingerprint density at radius 1 is 1.12 bits per heavy atom. The first-order valence-corrected chi connectivity index (χ1v) is 6.55. The van der Waals surface area contributed by atoms with Crippen LogP contribution in [0.15, 0.2) is 12.1 Å². The lowest BCUT2D eigenvalue weighted by Crippen LogP contribution is -2.44. The zero-order chi connectivity index (χ0) is 11.8. The molecule has 1 N–H and O–H groups in total. The summed E-state index contributed by atoms with van der Waals surface area (Å²) in [7, 11) is 2.20. The van der Waals surface area contributed by atoms with Crippen molar-refractivity contribution in [1.29, 1.82) is 0 Å². The van der Waals surface area contributed by atoms with Gasteiger partial charge in [0.2, 0.25) is 0 Å². The number of fused-ring (bicyclic) bond motifs is 1. The maximum atomic E-state index is 3.56. The van der Waals surface area contributed by atoms with Gasteiger partial charge < -0.3 is 15.1 Å². The Labute approximate surface area is 103 Å². The molecule has 0 aliphatic carbocycles. The van der Waals surface area contributed by atoms with Gasteiger partial charge in [-0.1, -0.05) is 6.07 Å². The molecule has 1 aromatic rings. The van der Waals surface area contributed by atoms with Gasteiger partial charge in [-0.25, -0.2) is 0 Å². The Bertz CT molecular complexity index is 420. The molecule has 0 saturated carbocycles. The van der Waals surface area contributed by atoms with Gasteiger partial charge in [-0.2, -0.15) is 0 Å². The van der Waals surface area contributed by atoms with Crippen LogP contribution < -0.4 is 10.2 Å². The van der Waals surface area contributed by atoms with E-state index in [0.717, 1.165) is 19.6 Å². The average Bonchev–Trinajstić information content (AvgIpc) is 2.81. The third kappa shape index (κ3) is 1.89. The van der Waals surface area contributed by atoms with Crippen molar-refractivity contribution in [3.05, 3.63) is 23.3 Å². The van der Waals surface area contributed by atoms with Crippen LogP contribution in [0.5, 0.6) is 0 Å². The molecule has 0 amide bonds. The van der Waals surface area contributed by atoms with Crippen LogP contribution in [0.25, 0.3) is 0 Å². The van der Waals surface area contributed by atoms with Gasteiger partial charge in [0.1, 0.15) is 0 Å². The molecule has 3 rings (SSSR count). The van der Waals surface area contributed by atoms with Crippen LogP contribution in [0.1, 0.15) is 11.1 Å². The highest BCUT2D eigenvalue weighted by Crippen LogP contribution is 2.35. The number of nitrogens with one attached hydrogen (secondary N) is 1. The summed E-state index contributed by atoms with van der Waals surface area (Å²) < 4.78 is 0. The lowest BCUT2D eigenvalue weighted by Gasteiger charge is -2.35. The lowest BCUT2D eigenvalue weighted by atomic mass is 10.0. The Morgan fingerprint density at radius 3 is 2.65 bits per heavy atom. The summed E-state index contributed by atoms with van der Waals surface area (Å²) in [5.74, 6) is 0. The number of anilines is 2. The first-order valence-electron chi connectivity index (χ1n) is 6.55. The van der Waals surface area contributed by atoms with E-state index in [4.69, 9.17) is 0 Å².